The molecule has 0 amide bonds. The molecule has 2 rings (SSSR count). The number of nitrogens with one attached hydrogen (secondary N) is 1. The Morgan fingerprint density at radius 3 is 3.17 bits per heavy atom. The third kappa shape index (κ3) is 1.18. The Labute approximate surface area is 77.8 Å². The lowest BCUT2D eigenvalue weighted by atomic mass is 10.3. The molecule has 0 aliphatic carbocycles. The minimum absolute atomic E-state index is 0.533. The molecule has 1 aromatic carbocycles. The highest BCUT2D eigenvalue weighted by Gasteiger charge is 2.20. The zero-order chi connectivity index (χ0) is 8.55. The number of aldehydes is 1. The maximum absolute atomic E-state index is 10.4. The standard InChI is InChI=1S/C8H6BrNO2/c9-5-1-2-7-6(3-5)10-8(4-11)12-7/h1-4,8,10H. The average molecular weight is 228 g/mol. The molecular formula is C8H6BrNO2. The summed E-state index contributed by atoms with van der Waals surface area (Å²) in [6.45, 7) is 0. The van der Waals surface area contributed by atoms with Crippen molar-refractivity contribution < 1.29 is 9.53 Å². The van der Waals surface area contributed by atoms with Crippen molar-refractivity contribution in [3.05, 3.63) is 22.7 Å². The van der Waals surface area contributed by atoms with E-state index in [9.17, 15) is 4.79 Å². The summed E-state index contributed by atoms with van der Waals surface area (Å²) in [6.07, 6.45) is 0.197. The zero-order valence-corrected chi connectivity index (χ0v) is 7.67. The highest BCUT2D eigenvalue weighted by molar-refractivity contribution is 9.10. The summed E-state index contributed by atoms with van der Waals surface area (Å²) >= 11 is 3.32. The molecule has 1 N–H and O–H groups in total. The summed E-state index contributed by atoms with van der Waals surface area (Å²) in [7, 11) is 0. The smallest absolute Gasteiger partial charge is 0.226 e. The van der Waals surface area contributed by atoms with Crippen LogP contribution in [0.3, 0.4) is 0 Å². The minimum atomic E-state index is -0.533. The van der Waals surface area contributed by atoms with Gasteiger partial charge in [0, 0.05) is 4.47 Å². The Hall–Kier alpha value is -1.03. The number of rotatable bonds is 1. The molecular weight excluding hydrogens is 222 g/mol. The van der Waals surface area contributed by atoms with Crippen molar-refractivity contribution in [2.45, 2.75) is 6.23 Å². The number of hydrogen-bond donors (Lipinski definition) is 1. The lowest BCUT2D eigenvalue weighted by Gasteiger charge is -1.99. The zero-order valence-electron chi connectivity index (χ0n) is 6.08. The molecule has 1 aliphatic rings. The van der Waals surface area contributed by atoms with Crippen LogP contribution in [0.4, 0.5) is 5.69 Å². The number of anilines is 1. The van der Waals surface area contributed by atoms with Crippen LogP contribution in [0.25, 0.3) is 0 Å². The van der Waals surface area contributed by atoms with Crippen LogP contribution in [0, 0.1) is 0 Å². The fraction of sp³-hybridized carbons (Fsp3) is 0.125. The number of fused-ring (bicyclic) bond motifs is 1. The molecule has 62 valence electrons. The van der Waals surface area contributed by atoms with Gasteiger partial charge in [-0.25, -0.2) is 0 Å². The van der Waals surface area contributed by atoms with Crippen molar-refractivity contribution in [2.24, 2.45) is 0 Å². The summed E-state index contributed by atoms with van der Waals surface area (Å²) in [5.74, 6) is 0.718. The van der Waals surface area contributed by atoms with Crippen LogP contribution in [0.15, 0.2) is 22.7 Å². The second-order valence-corrected chi connectivity index (χ2v) is 3.38. The SMILES string of the molecule is O=CC1Nc2cc(Br)ccc2O1. The van der Waals surface area contributed by atoms with E-state index in [-0.39, 0.29) is 0 Å². The van der Waals surface area contributed by atoms with Gasteiger partial charge in [0.25, 0.3) is 0 Å². The van der Waals surface area contributed by atoms with Gasteiger partial charge in [0.2, 0.25) is 6.23 Å². The average Bonchev–Trinajstić information content (AvgIpc) is 2.46. The van der Waals surface area contributed by atoms with Gasteiger partial charge in [-0.2, -0.15) is 0 Å². The van der Waals surface area contributed by atoms with Gasteiger partial charge in [-0.1, -0.05) is 15.9 Å². The van der Waals surface area contributed by atoms with E-state index < -0.39 is 6.23 Å². The molecule has 0 fully saturated rings. The molecule has 0 spiro atoms. The van der Waals surface area contributed by atoms with Crippen LogP contribution in [-0.2, 0) is 4.79 Å². The van der Waals surface area contributed by atoms with Crippen molar-refractivity contribution >= 4 is 27.9 Å². The van der Waals surface area contributed by atoms with Crippen molar-refractivity contribution in [1.29, 1.82) is 0 Å². The normalized spacial score (nSPS) is 19.2. The van der Waals surface area contributed by atoms with Crippen molar-refractivity contribution in [1.82, 2.24) is 0 Å². The second-order valence-electron chi connectivity index (χ2n) is 2.46. The maximum atomic E-state index is 10.4. The van der Waals surface area contributed by atoms with Crippen molar-refractivity contribution in [2.75, 3.05) is 5.32 Å². The highest BCUT2D eigenvalue weighted by Crippen LogP contribution is 2.33. The number of hydrogen-bond acceptors (Lipinski definition) is 3. The summed E-state index contributed by atoms with van der Waals surface area (Å²) in [4.78, 5) is 10.4. The molecule has 1 unspecified atom stereocenters. The summed E-state index contributed by atoms with van der Waals surface area (Å²) in [5, 5.41) is 2.90. The molecule has 4 heteroatoms. The Morgan fingerprint density at radius 2 is 2.42 bits per heavy atom. The fourth-order valence-corrected chi connectivity index (χ4v) is 1.46. The highest BCUT2D eigenvalue weighted by atomic mass is 79.9. The third-order valence-electron chi connectivity index (χ3n) is 1.62. The largest absolute Gasteiger partial charge is 0.461 e. The molecule has 3 nitrogen and oxygen atoms in total. The minimum Gasteiger partial charge on any atom is -0.461 e. The first kappa shape index (κ1) is 7.61. The van der Waals surface area contributed by atoms with Crippen LogP contribution in [0.2, 0.25) is 0 Å². The molecule has 0 bridgehead atoms. The monoisotopic (exact) mass is 227 g/mol. The van der Waals surface area contributed by atoms with E-state index in [1.807, 2.05) is 18.2 Å². The fourth-order valence-electron chi connectivity index (χ4n) is 1.10. The number of benzene rings is 1. The number of halogens is 1. The quantitative estimate of drug-likeness (QED) is 0.744. The van der Waals surface area contributed by atoms with Gasteiger partial charge in [0.1, 0.15) is 5.75 Å². The van der Waals surface area contributed by atoms with Crippen LogP contribution in [0.1, 0.15) is 0 Å². The van der Waals surface area contributed by atoms with Crippen LogP contribution in [0.5, 0.6) is 5.75 Å². The lowest BCUT2D eigenvalue weighted by Crippen LogP contribution is -2.20. The van der Waals surface area contributed by atoms with Crippen molar-refractivity contribution in [3.8, 4) is 5.75 Å². The lowest BCUT2D eigenvalue weighted by molar-refractivity contribution is -0.112. The number of ether oxygens (including phenoxy) is 1. The number of carbonyl (C=O) groups excluding carboxylic acids is 1. The molecule has 0 saturated carbocycles. The third-order valence-corrected chi connectivity index (χ3v) is 2.11. The van der Waals surface area contributed by atoms with Crippen LogP contribution < -0.4 is 10.1 Å². The molecule has 1 heterocycles. The first-order valence-corrected chi connectivity index (χ1v) is 4.27. The van der Waals surface area contributed by atoms with E-state index in [1.54, 1.807) is 0 Å². The van der Waals surface area contributed by atoms with Gasteiger partial charge in [-0.15, -0.1) is 0 Å². The van der Waals surface area contributed by atoms with E-state index in [4.69, 9.17) is 4.74 Å². The van der Waals surface area contributed by atoms with E-state index >= 15 is 0 Å². The van der Waals surface area contributed by atoms with E-state index in [0.717, 1.165) is 22.2 Å². The first-order chi connectivity index (χ1) is 5.79. The Morgan fingerprint density at radius 1 is 1.58 bits per heavy atom. The molecule has 1 atom stereocenters. The van der Waals surface area contributed by atoms with Crippen molar-refractivity contribution in [3.63, 3.8) is 0 Å². The molecule has 1 aromatic rings. The topological polar surface area (TPSA) is 38.3 Å². The second kappa shape index (κ2) is 2.79. The molecule has 0 saturated heterocycles. The molecule has 1 aliphatic heterocycles. The van der Waals surface area contributed by atoms with Gasteiger partial charge in [-0.3, -0.25) is 4.79 Å². The summed E-state index contributed by atoms with van der Waals surface area (Å²) in [5.41, 5.74) is 0.849. The molecule has 0 radical (unpaired) electrons. The molecule has 12 heavy (non-hydrogen) atoms. The van der Waals surface area contributed by atoms with Crippen LogP contribution in [-0.4, -0.2) is 12.5 Å². The van der Waals surface area contributed by atoms with E-state index in [0.29, 0.717) is 0 Å². The molecule has 0 aromatic heterocycles. The van der Waals surface area contributed by atoms with Gasteiger partial charge in [-0.05, 0) is 18.2 Å². The van der Waals surface area contributed by atoms with Crippen LogP contribution >= 0.6 is 15.9 Å². The van der Waals surface area contributed by atoms with Gasteiger partial charge >= 0.3 is 0 Å². The van der Waals surface area contributed by atoms with E-state index in [1.165, 1.54) is 0 Å². The number of carbonyl (C=O) groups is 1. The predicted molar refractivity (Wildman–Crippen MR) is 48.2 cm³/mol. The Balaban J connectivity index is 2.35. The maximum Gasteiger partial charge on any atom is 0.226 e. The van der Waals surface area contributed by atoms with Gasteiger partial charge < -0.3 is 10.1 Å². The first-order valence-electron chi connectivity index (χ1n) is 3.47. The predicted octanol–water partition coefficient (Wildman–Crippen LogP) is 1.78. The summed E-state index contributed by atoms with van der Waals surface area (Å²) < 4.78 is 6.17. The Bertz CT molecular complexity index is 327. The van der Waals surface area contributed by atoms with E-state index in [2.05, 4.69) is 21.2 Å². The summed E-state index contributed by atoms with van der Waals surface area (Å²) in [6, 6.07) is 5.56. The van der Waals surface area contributed by atoms with Gasteiger partial charge in [0.15, 0.2) is 6.29 Å². The Kier molecular flexibility index (Phi) is 1.77. The van der Waals surface area contributed by atoms with Gasteiger partial charge in [0.05, 0.1) is 5.69 Å².